The van der Waals surface area contributed by atoms with Gasteiger partial charge in [-0.05, 0) is 66.2 Å². The van der Waals surface area contributed by atoms with Crippen molar-refractivity contribution in [2.45, 2.75) is 85.1 Å². The molecule has 7 heteroatoms. The summed E-state index contributed by atoms with van der Waals surface area (Å²) in [7, 11) is 0. The van der Waals surface area contributed by atoms with Crippen molar-refractivity contribution in [3.63, 3.8) is 0 Å². The number of hydrogen-bond acceptors (Lipinski definition) is 4. The van der Waals surface area contributed by atoms with E-state index in [1.54, 1.807) is 0 Å². The summed E-state index contributed by atoms with van der Waals surface area (Å²) in [5, 5.41) is 21.4. The summed E-state index contributed by atoms with van der Waals surface area (Å²) in [5.74, 6) is -2.97. The molecule has 6 nitrogen and oxygen atoms in total. The summed E-state index contributed by atoms with van der Waals surface area (Å²) in [6, 6.07) is -1.01. The van der Waals surface area contributed by atoms with Crippen LogP contribution in [-0.2, 0) is 14.4 Å². The lowest BCUT2D eigenvalue weighted by Gasteiger charge is -2.28. The fourth-order valence-electron chi connectivity index (χ4n) is 3.92. The van der Waals surface area contributed by atoms with E-state index in [0.29, 0.717) is 18.6 Å². The molecule has 0 radical (unpaired) electrons. The normalized spacial score (nSPS) is 20.1. The van der Waals surface area contributed by atoms with E-state index in [1.807, 2.05) is 0 Å². The number of hydrogen-bond donors (Lipinski definition) is 3. The van der Waals surface area contributed by atoms with Crippen LogP contribution in [0, 0.1) is 11.8 Å². The summed E-state index contributed by atoms with van der Waals surface area (Å²) in [6.45, 7) is 8.48. The van der Waals surface area contributed by atoms with E-state index in [-0.39, 0.29) is 5.75 Å². The third-order valence-corrected chi connectivity index (χ3v) is 6.96. The van der Waals surface area contributed by atoms with Gasteiger partial charge >= 0.3 is 11.9 Å². The number of rotatable bonds is 14. The molecule has 1 aliphatic carbocycles. The van der Waals surface area contributed by atoms with E-state index in [1.165, 1.54) is 28.5 Å². The summed E-state index contributed by atoms with van der Waals surface area (Å²) in [5.41, 5.74) is 4.01. The van der Waals surface area contributed by atoms with Gasteiger partial charge < -0.3 is 15.5 Å². The number of nitrogens with one attached hydrogen (secondary N) is 1. The SMILES string of the molecule is CC(C)=CCC/C(C)=C/CC/C(C)=C/CSC[C@H](NC(=O)[C@@H]1CCCC[C@@H]1C(=O)O)C(=O)O. The number of carboxylic acids is 2. The second-order valence-corrected chi connectivity index (χ2v) is 10.3. The highest BCUT2D eigenvalue weighted by atomic mass is 32.2. The van der Waals surface area contributed by atoms with Crippen LogP contribution in [0.2, 0.25) is 0 Å². The summed E-state index contributed by atoms with van der Waals surface area (Å²) < 4.78 is 0. The molecule has 186 valence electrons. The molecule has 3 atom stereocenters. The Balaban J connectivity index is 2.43. The Bertz CT molecular complexity index is 752. The Morgan fingerprint density at radius 3 is 2.06 bits per heavy atom. The third-order valence-electron chi connectivity index (χ3n) is 5.99. The molecule has 3 N–H and O–H groups in total. The van der Waals surface area contributed by atoms with Gasteiger partial charge in [0.15, 0.2) is 0 Å². The van der Waals surface area contributed by atoms with E-state index >= 15 is 0 Å². The van der Waals surface area contributed by atoms with Gasteiger partial charge in [0.1, 0.15) is 6.04 Å². The number of carbonyl (C=O) groups excluding carboxylic acids is 1. The molecule has 33 heavy (non-hydrogen) atoms. The maximum Gasteiger partial charge on any atom is 0.327 e. The molecule has 0 bridgehead atoms. The molecule has 0 aromatic rings. The molecule has 1 aliphatic rings. The van der Waals surface area contributed by atoms with Crippen molar-refractivity contribution in [2.24, 2.45) is 11.8 Å². The van der Waals surface area contributed by atoms with Crippen LogP contribution in [0.1, 0.15) is 79.1 Å². The van der Waals surface area contributed by atoms with Gasteiger partial charge in [0.2, 0.25) is 5.91 Å². The van der Waals surface area contributed by atoms with Crippen molar-refractivity contribution in [3.05, 3.63) is 34.9 Å². The van der Waals surface area contributed by atoms with Gasteiger partial charge in [0.05, 0.1) is 11.8 Å². The summed E-state index contributed by atoms with van der Waals surface area (Å²) in [4.78, 5) is 35.6. The molecule has 0 aromatic heterocycles. The molecule has 0 heterocycles. The summed E-state index contributed by atoms with van der Waals surface area (Å²) >= 11 is 1.46. The average molecular weight is 480 g/mol. The predicted molar refractivity (Wildman–Crippen MR) is 135 cm³/mol. The van der Waals surface area contributed by atoms with Crippen LogP contribution in [-0.4, -0.2) is 45.6 Å². The highest BCUT2D eigenvalue weighted by Gasteiger charge is 2.37. The molecule has 0 aromatic carbocycles. The van der Waals surface area contributed by atoms with Crippen LogP contribution in [0.5, 0.6) is 0 Å². The van der Waals surface area contributed by atoms with E-state index in [9.17, 15) is 24.6 Å². The molecule has 0 saturated heterocycles. The zero-order chi connectivity index (χ0) is 24.8. The average Bonchev–Trinajstić information content (AvgIpc) is 2.75. The Hall–Kier alpha value is -2.02. The molecule has 0 aliphatic heterocycles. The predicted octanol–water partition coefficient (Wildman–Crippen LogP) is 5.60. The van der Waals surface area contributed by atoms with E-state index in [4.69, 9.17) is 0 Å². The van der Waals surface area contributed by atoms with Crippen LogP contribution >= 0.6 is 11.8 Å². The van der Waals surface area contributed by atoms with Crippen molar-refractivity contribution in [1.29, 1.82) is 0 Å². The maximum absolute atomic E-state index is 12.6. The largest absolute Gasteiger partial charge is 0.481 e. The minimum Gasteiger partial charge on any atom is -0.481 e. The molecule has 1 amide bonds. The highest BCUT2D eigenvalue weighted by Crippen LogP contribution is 2.30. The van der Waals surface area contributed by atoms with Crippen molar-refractivity contribution in [1.82, 2.24) is 5.32 Å². The molecule has 0 unspecified atom stereocenters. The smallest absolute Gasteiger partial charge is 0.327 e. The number of carboxylic acid groups (broad SMARTS) is 2. The first-order valence-electron chi connectivity index (χ1n) is 11.9. The Morgan fingerprint density at radius 1 is 0.909 bits per heavy atom. The van der Waals surface area contributed by atoms with E-state index in [0.717, 1.165) is 38.5 Å². The standard InChI is InChI=1S/C26H41NO5S/c1-18(2)9-7-10-19(3)11-8-12-20(4)15-16-33-17-23(26(31)32)27-24(28)21-13-5-6-14-22(21)25(29)30/h9,11,15,21-23H,5-8,10,12-14,16-17H2,1-4H3,(H,27,28)(H,29,30)(H,31,32)/b19-11+,20-15+/t21-,22+,23+/m1/s1. The molecular formula is C26H41NO5S. The Labute approximate surface area is 203 Å². The minimum absolute atomic E-state index is 0.249. The van der Waals surface area contributed by atoms with Crippen LogP contribution in [0.15, 0.2) is 34.9 Å². The fourth-order valence-corrected chi connectivity index (χ4v) is 4.92. The van der Waals surface area contributed by atoms with Crippen molar-refractivity contribution < 1.29 is 24.6 Å². The van der Waals surface area contributed by atoms with Crippen LogP contribution < -0.4 is 5.32 Å². The number of allylic oxidation sites excluding steroid dienone is 5. The maximum atomic E-state index is 12.6. The monoisotopic (exact) mass is 479 g/mol. The third kappa shape index (κ3) is 12.1. The Morgan fingerprint density at radius 2 is 1.48 bits per heavy atom. The van der Waals surface area contributed by atoms with Gasteiger partial charge in [-0.1, -0.05) is 47.8 Å². The van der Waals surface area contributed by atoms with Gasteiger partial charge in [-0.3, -0.25) is 9.59 Å². The Kier molecular flexibility index (Phi) is 13.8. The second-order valence-electron chi connectivity index (χ2n) is 9.23. The van der Waals surface area contributed by atoms with Crippen LogP contribution in [0.3, 0.4) is 0 Å². The number of amides is 1. The number of thioether (sulfide) groups is 1. The van der Waals surface area contributed by atoms with Gasteiger partial charge in [-0.25, -0.2) is 4.79 Å². The first kappa shape index (κ1) is 29.0. The summed E-state index contributed by atoms with van der Waals surface area (Å²) in [6.07, 6.45) is 13.3. The molecular weight excluding hydrogens is 438 g/mol. The minimum atomic E-state index is -1.09. The van der Waals surface area contributed by atoms with Crippen LogP contribution in [0.4, 0.5) is 0 Å². The number of aliphatic carboxylic acids is 2. The molecule has 1 fully saturated rings. The molecule has 0 spiro atoms. The lowest BCUT2D eigenvalue weighted by Crippen LogP contribution is -2.48. The topological polar surface area (TPSA) is 104 Å². The fraction of sp³-hybridized carbons (Fsp3) is 0.654. The lowest BCUT2D eigenvalue weighted by molar-refractivity contribution is -0.149. The van der Waals surface area contributed by atoms with E-state index < -0.39 is 35.7 Å². The van der Waals surface area contributed by atoms with Gasteiger partial charge in [-0.2, -0.15) is 11.8 Å². The highest BCUT2D eigenvalue weighted by molar-refractivity contribution is 7.99. The quantitative estimate of drug-likeness (QED) is 0.221. The van der Waals surface area contributed by atoms with Gasteiger partial charge in [0.25, 0.3) is 0 Å². The molecule has 1 saturated carbocycles. The first-order valence-corrected chi connectivity index (χ1v) is 13.1. The van der Waals surface area contributed by atoms with Crippen molar-refractivity contribution in [2.75, 3.05) is 11.5 Å². The molecule has 1 rings (SSSR count). The zero-order valence-electron chi connectivity index (χ0n) is 20.6. The lowest BCUT2D eigenvalue weighted by atomic mass is 9.78. The zero-order valence-corrected chi connectivity index (χ0v) is 21.4. The second kappa shape index (κ2) is 15.8. The van der Waals surface area contributed by atoms with E-state index in [2.05, 4.69) is 51.2 Å². The van der Waals surface area contributed by atoms with Crippen molar-refractivity contribution in [3.8, 4) is 0 Å². The number of carbonyl (C=O) groups is 3. The van der Waals surface area contributed by atoms with Gasteiger partial charge in [-0.15, -0.1) is 0 Å². The van der Waals surface area contributed by atoms with Crippen molar-refractivity contribution >= 4 is 29.6 Å². The first-order chi connectivity index (χ1) is 15.6. The van der Waals surface area contributed by atoms with Gasteiger partial charge in [0, 0.05) is 11.5 Å². The van der Waals surface area contributed by atoms with Crippen LogP contribution in [0.25, 0.3) is 0 Å².